The number of amides is 1. The second kappa shape index (κ2) is 7.41. The number of piperazine rings is 1. The molecule has 2 saturated heterocycles. The molecule has 0 aromatic heterocycles. The van der Waals surface area contributed by atoms with Gasteiger partial charge in [0, 0.05) is 38.6 Å². The summed E-state index contributed by atoms with van der Waals surface area (Å²) in [5, 5.41) is 2.66. The first-order chi connectivity index (χ1) is 10.1. The van der Waals surface area contributed by atoms with Crippen molar-refractivity contribution in [2.45, 2.75) is 56.5 Å². The molecule has 3 aliphatic rings. The van der Waals surface area contributed by atoms with E-state index in [1.165, 1.54) is 32.1 Å². The topological polar surface area (TPSA) is 35.6 Å². The number of nitrogens with zero attached hydrogens (tertiary/aromatic N) is 2. The van der Waals surface area contributed by atoms with Gasteiger partial charge in [0.05, 0.1) is 12.6 Å². The molecular weight excluding hydrogens is 312 g/mol. The summed E-state index contributed by atoms with van der Waals surface area (Å²) >= 11 is 0. The van der Waals surface area contributed by atoms with Crippen LogP contribution in [0.2, 0.25) is 0 Å². The molecule has 0 radical (unpaired) electrons. The Balaban J connectivity index is 0.00000176. The van der Waals surface area contributed by atoms with E-state index in [0.717, 1.165) is 13.1 Å². The lowest BCUT2D eigenvalue weighted by atomic mass is 9.94. The number of rotatable bonds is 2. The number of hydrogen-bond acceptors (Lipinski definition) is 3. The van der Waals surface area contributed by atoms with Gasteiger partial charge in [-0.05, 0) is 12.8 Å². The zero-order valence-corrected chi connectivity index (χ0v) is 13.7. The van der Waals surface area contributed by atoms with Gasteiger partial charge in [0.15, 0.2) is 0 Å². The van der Waals surface area contributed by atoms with Crippen LogP contribution in [-0.4, -0.2) is 66.4 Å². The van der Waals surface area contributed by atoms with Crippen LogP contribution < -0.4 is 5.32 Å². The fraction of sp³-hybridized carbons (Fsp3) is 0.933. The standard InChI is InChI=1S/C15H25F2N3O.ClH/c16-15(17)10-13(18-11-15)14(21)20-8-6-19(7-9-20)12-4-2-1-3-5-12;/h12-13,18H,1-11H2;1H. The summed E-state index contributed by atoms with van der Waals surface area (Å²) in [6.45, 7) is 2.77. The Morgan fingerprint density at radius 2 is 1.68 bits per heavy atom. The first kappa shape index (κ1) is 17.9. The van der Waals surface area contributed by atoms with E-state index in [2.05, 4.69) is 10.2 Å². The molecule has 2 aliphatic heterocycles. The second-order valence-electron chi connectivity index (χ2n) is 6.65. The van der Waals surface area contributed by atoms with Crippen molar-refractivity contribution in [1.29, 1.82) is 0 Å². The van der Waals surface area contributed by atoms with Crippen molar-refractivity contribution in [3.8, 4) is 0 Å². The average Bonchev–Trinajstić information content (AvgIpc) is 2.88. The first-order valence-electron chi connectivity index (χ1n) is 8.19. The van der Waals surface area contributed by atoms with Crippen LogP contribution in [0.5, 0.6) is 0 Å². The van der Waals surface area contributed by atoms with E-state index in [1.807, 2.05) is 0 Å². The normalized spacial score (nSPS) is 30.1. The van der Waals surface area contributed by atoms with Gasteiger partial charge in [0.25, 0.3) is 5.92 Å². The molecular formula is C15H26ClF2N3O. The van der Waals surface area contributed by atoms with Crippen LogP contribution in [0.1, 0.15) is 38.5 Å². The summed E-state index contributed by atoms with van der Waals surface area (Å²) in [5.74, 6) is -2.87. The largest absolute Gasteiger partial charge is 0.339 e. The Kier molecular flexibility index (Phi) is 6.02. The minimum absolute atomic E-state index is 0. The lowest BCUT2D eigenvalue weighted by molar-refractivity contribution is -0.135. The van der Waals surface area contributed by atoms with Crippen LogP contribution in [-0.2, 0) is 4.79 Å². The molecule has 1 amide bonds. The molecule has 0 spiro atoms. The van der Waals surface area contributed by atoms with Crippen LogP contribution in [0.15, 0.2) is 0 Å². The highest BCUT2D eigenvalue weighted by atomic mass is 35.5. The summed E-state index contributed by atoms with van der Waals surface area (Å²) in [4.78, 5) is 16.5. The zero-order chi connectivity index (χ0) is 14.9. The van der Waals surface area contributed by atoms with Gasteiger partial charge < -0.3 is 4.90 Å². The molecule has 128 valence electrons. The molecule has 1 N–H and O–H groups in total. The number of carbonyl (C=O) groups excluding carboxylic acids is 1. The molecule has 0 bridgehead atoms. The highest BCUT2D eigenvalue weighted by molar-refractivity contribution is 5.85. The molecule has 22 heavy (non-hydrogen) atoms. The van der Waals surface area contributed by atoms with Gasteiger partial charge in [0.1, 0.15) is 0 Å². The Morgan fingerprint density at radius 1 is 1.05 bits per heavy atom. The average molecular weight is 338 g/mol. The van der Waals surface area contributed by atoms with E-state index in [0.29, 0.717) is 19.1 Å². The maximum Gasteiger partial charge on any atom is 0.262 e. The van der Waals surface area contributed by atoms with Crippen molar-refractivity contribution in [2.75, 3.05) is 32.7 Å². The van der Waals surface area contributed by atoms with Gasteiger partial charge in [-0.2, -0.15) is 0 Å². The molecule has 1 atom stereocenters. The lowest BCUT2D eigenvalue weighted by Crippen LogP contribution is -2.55. The van der Waals surface area contributed by atoms with E-state index in [-0.39, 0.29) is 31.3 Å². The molecule has 3 fully saturated rings. The van der Waals surface area contributed by atoms with Crippen molar-refractivity contribution >= 4 is 18.3 Å². The number of carbonyl (C=O) groups is 1. The molecule has 1 unspecified atom stereocenters. The minimum Gasteiger partial charge on any atom is -0.339 e. The predicted octanol–water partition coefficient (Wildman–Crippen LogP) is 1.88. The van der Waals surface area contributed by atoms with Gasteiger partial charge >= 0.3 is 0 Å². The fourth-order valence-corrected chi connectivity index (χ4v) is 3.86. The van der Waals surface area contributed by atoms with E-state index in [1.54, 1.807) is 4.90 Å². The number of nitrogens with one attached hydrogen (secondary N) is 1. The first-order valence-corrected chi connectivity index (χ1v) is 8.19. The van der Waals surface area contributed by atoms with Crippen molar-refractivity contribution < 1.29 is 13.6 Å². The number of halogens is 3. The number of hydrogen-bond donors (Lipinski definition) is 1. The summed E-state index contributed by atoms with van der Waals surface area (Å²) in [5.41, 5.74) is 0. The molecule has 4 nitrogen and oxygen atoms in total. The molecule has 1 saturated carbocycles. The second-order valence-corrected chi connectivity index (χ2v) is 6.65. The SMILES string of the molecule is Cl.O=C(C1CC(F)(F)CN1)N1CCN(C2CCCCC2)CC1. The summed E-state index contributed by atoms with van der Waals surface area (Å²) < 4.78 is 26.4. The maximum absolute atomic E-state index is 13.2. The lowest BCUT2D eigenvalue weighted by Gasteiger charge is -2.41. The molecule has 3 rings (SSSR count). The maximum atomic E-state index is 13.2. The van der Waals surface area contributed by atoms with Gasteiger partial charge in [0.2, 0.25) is 5.91 Å². The quantitative estimate of drug-likeness (QED) is 0.835. The van der Waals surface area contributed by atoms with Crippen molar-refractivity contribution in [3.05, 3.63) is 0 Å². The summed E-state index contributed by atoms with van der Waals surface area (Å²) in [6.07, 6.45) is 6.15. The highest BCUT2D eigenvalue weighted by Crippen LogP contribution is 2.27. The van der Waals surface area contributed by atoms with Crippen LogP contribution >= 0.6 is 12.4 Å². The molecule has 2 heterocycles. The molecule has 7 heteroatoms. The van der Waals surface area contributed by atoms with E-state index < -0.39 is 12.0 Å². The van der Waals surface area contributed by atoms with Crippen LogP contribution in [0.25, 0.3) is 0 Å². The van der Waals surface area contributed by atoms with Crippen molar-refractivity contribution in [1.82, 2.24) is 15.1 Å². The van der Waals surface area contributed by atoms with Gasteiger partial charge in [-0.25, -0.2) is 8.78 Å². The monoisotopic (exact) mass is 337 g/mol. The summed E-state index contributed by atoms with van der Waals surface area (Å²) in [7, 11) is 0. The van der Waals surface area contributed by atoms with Gasteiger partial charge in [-0.1, -0.05) is 19.3 Å². The van der Waals surface area contributed by atoms with Gasteiger partial charge in [-0.15, -0.1) is 12.4 Å². The van der Waals surface area contributed by atoms with Crippen LogP contribution in [0.3, 0.4) is 0 Å². The van der Waals surface area contributed by atoms with E-state index in [4.69, 9.17) is 0 Å². The van der Waals surface area contributed by atoms with Gasteiger partial charge in [-0.3, -0.25) is 15.0 Å². The molecule has 1 aliphatic carbocycles. The molecule has 0 aromatic carbocycles. The van der Waals surface area contributed by atoms with E-state index in [9.17, 15) is 13.6 Å². The Labute approximate surface area is 137 Å². The highest BCUT2D eigenvalue weighted by Gasteiger charge is 2.44. The van der Waals surface area contributed by atoms with Crippen LogP contribution in [0, 0.1) is 0 Å². The van der Waals surface area contributed by atoms with E-state index >= 15 is 0 Å². The number of alkyl halides is 2. The third-order valence-corrected chi connectivity index (χ3v) is 5.12. The summed E-state index contributed by atoms with van der Waals surface area (Å²) in [6, 6.07) is -0.0221. The Hall–Kier alpha value is -0.460. The predicted molar refractivity (Wildman–Crippen MR) is 83.6 cm³/mol. The molecule has 0 aromatic rings. The third kappa shape index (κ3) is 4.09. The van der Waals surface area contributed by atoms with Crippen molar-refractivity contribution in [3.63, 3.8) is 0 Å². The Bertz CT molecular complexity index is 383. The minimum atomic E-state index is -2.73. The smallest absolute Gasteiger partial charge is 0.262 e. The van der Waals surface area contributed by atoms with Crippen LogP contribution in [0.4, 0.5) is 8.78 Å². The van der Waals surface area contributed by atoms with Crippen molar-refractivity contribution in [2.24, 2.45) is 0 Å². The third-order valence-electron chi connectivity index (χ3n) is 5.12. The fourth-order valence-electron chi connectivity index (χ4n) is 3.86. The zero-order valence-electron chi connectivity index (χ0n) is 12.9. The Morgan fingerprint density at radius 3 is 2.23 bits per heavy atom.